The van der Waals surface area contributed by atoms with E-state index in [0.717, 1.165) is 0 Å². The molecule has 0 amide bonds. The largest absolute Gasteiger partial charge is 0.405 e. The van der Waals surface area contributed by atoms with Gasteiger partial charge < -0.3 is 23.4 Å². The van der Waals surface area contributed by atoms with Gasteiger partial charge in [0.15, 0.2) is 5.79 Å². The predicted octanol–water partition coefficient (Wildman–Crippen LogP) is 4.77. The Hall–Kier alpha value is -1.54. The summed E-state index contributed by atoms with van der Waals surface area (Å²) in [5, 5.41) is 2.37. The lowest BCUT2D eigenvalue weighted by atomic mass is 9.93. The highest BCUT2D eigenvalue weighted by atomic mass is 28.4. The van der Waals surface area contributed by atoms with Gasteiger partial charge in [-0.25, -0.2) is 0 Å². The second kappa shape index (κ2) is 11.2. The van der Waals surface area contributed by atoms with Gasteiger partial charge in [-0.3, -0.25) is 0 Å². The molecule has 6 heteroatoms. The van der Waals surface area contributed by atoms with Gasteiger partial charge in [-0.15, -0.1) is 0 Å². The van der Waals surface area contributed by atoms with Crippen LogP contribution in [-0.4, -0.2) is 59.3 Å². The fraction of sp³-hybridized carbons (Fsp3) is 0.586. The molecule has 1 aliphatic rings. The number of hydrogen-bond acceptors (Lipinski definition) is 5. The molecule has 0 unspecified atom stereocenters. The third kappa shape index (κ3) is 5.90. The van der Waals surface area contributed by atoms with Gasteiger partial charge in [0.25, 0.3) is 8.32 Å². The van der Waals surface area contributed by atoms with Gasteiger partial charge >= 0.3 is 0 Å². The fourth-order valence-electron chi connectivity index (χ4n) is 5.49. The van der Waals surface area contributed by atoms with Crippen molar-refractivity contribution in [2.45, 2.75) is 83.7 Å². The molecule has 35 heavy (non-hydrogen) atoms. The van der Waals surface area contributed by atoms with E-state index in [-0.39, 0.29) is 35.4 Å². The highest BCUT2D eigenvalue weighted by Gasteiger charge is 2.53. The number of ether oxygens (including phenoxy) is 4. The highest BCUT2D eigenvalue weighted by molar-refractivity contribution is 6.99. The van der Waals surface area contributed by atoms with Crippen LogP contribution in [0.15, 0.2) is 60.7 Å². The predicted molar refractivity (Wildman–Crippen MR) is 144 cm³/mol. The van der Waals surface area contributed by atoms with Gasteiger partial charge in [-0.2, -0.15) is 0 Å². The summed E-state index contributed by atoms with van der Waals surface area (Å²) < 4.78 is 31.9. The summed E-state index contributed by atoms with van der Waals surface area (Å²) in [7, 11) is 0.738. The summed E-state index contributed by atoms with van der Waals surface area (Å²) in [6.07, 6.45) is -1.04. The lowest BCUT2D eigenvalue weighted by Crippen LogP contribution is -2.68. The summed E-state index contributed by atoms with van der Waals surface area (Å²) in [4.78, 5) is 0. The van der Waals surface area contributed by atoms with E-state index in [0.29, 0.717) is 6.61 Å². The van der Waals surface area contributed by atoms with E-state index in [2.05, 4.69) is 95.3 Å². The second-order valence-electron chi connectivity index (χ2n) is 11.3. The van der Waals surface area contributed by atoms with Crippen LogP contribution in [0.2, 0.25) is 5.04 Å². The Balaban J connectivity index is 2.04. The molecule has 4 atom stereocenters. The molecule has 1 heterocycles. The van der Waals surface area contributed by atoms with Crippen molar-refractivity contribution in [2.75, 3.05) is 20.8 Å². The van der Waals surface area contributed by atoms with Gasteiger partial charge in [0.05, 0.1) is 12.7 Å². The van der Waals surface area contributed by atoms with E-state index in [4.69, 9.17) is 23.4 Å². The average Bonchev–Trinajstić information content (AvgIpc) is 2.79. The molecule has 1 saturated heterocycles. The molecule has 194 valence electrons. The smallest absolute Gasteiger partial charge is 0.261 e. The van der Waals surface area contributed by atoms with Crippen molar-refractivity contribution in [3.05, 3.63) is 60.7 Å². The Kier molecular flexibility index (Phi) is 9.00. The van der Waals surface area contributed by atoms with Crippen molar-refractivity contribution in [2.24, 2.45) is 5.92 Å². The van der Waals surface area contributed by atoms with Crippen molar-refractivity contribution >= 4 is 18.7 Å². The Morgan fingerprint density at radius 2 is 1.40 bits per heavy atom. The van der Waals surface area contributed by atoms with E-state index in [1.54, 1.807) is 14.2 Å². The van der Waals surface area contributed by atoms with Gasteiger partial charge in [0, 0.05) is 14.2 Å². The zero-order valence-electron chi connectivity index (χ0n) is 22.9. The molecular weight excluding hydrogens is 456 g/mol. The first-order valence-electron chi connectivity index (χ1n) is 12.6. The minimum Gasteiger partial charge on any atom is -0.405 e. The lowest BCUT2D eigenvalue weighted by molar-refractivity contribution is -0.354. The molecule has 2 aromatic rings. The summed E-state index contributed by atoms with van der Waals surface area (Å²) in [5.41, 5.74) is 0. The van der Waals surface area contributed by atoms with Crippen LogP contribution in [0.5, 0.6) is 0 Å². The summed E-state index contributed by atoms with van der Waals surface area (Å²) in [6, 6.07) is 21.3. The van der Waals surface area contributed by atoms with Crippen LogP contribution in [0.25, 0.3) is 0 Å². The molecule has 1 fully saturated rings. The second-order valence-corrected chi connectivity index (χ2v) is 15.6. The first-order valence-corrected chi connectivity index (χ1v) is 14.5. The van der Waals surface area contributed by atoms with E-state index in [1.807, 2.05) is 13.8 Å². The number of benzene rings is 2. The number of hydrogen-bond donors (Lipinski definition) is 0. The average molecular weight is 501 g/mol. The molecule has 5 nitrogen and oxygen atoms in total. The first kappa shape index (κ1) is 28.0. The molecule has 0 radical (unpaired) electrons. The Morgan fingerprint density at radius 1 is 0.886 bits per heavy atom. The van der Waals surface area contributed by atoms with Gasteiger partial charge in [0.2, 0.25) is 0 Å². The summed E-state index contributed by atoms with van der Waals surface area (Å²) in [5.74, 6) is -0.528. The molecule has 3 rings (SSSR count). The van der Waals surface area contributed by atoms with Crippen LogP contribution in [0, 0.1) is 5.92 Å². The minimum absolute atomic E-state index is 0.120. The quantitative estimate of drug-likeness (QED) is 0.464. The van der Waals surface area contributed by atoms with Crippen LogP contribution in [0.3, 0.4) is 0 Å². The standard InChI is InChI=1S/C29H44O5Si/c1-21(2)25(30-8)27-26(31-9)24(33-29(6,7)34-27)20-32-35(28(3,4)5,22-16-12-10-13-17-22)23-18-14-11-15-19-23/h10-19,21,24-27H,20H2,1-9H3/t24-,25-,26+,27+/m0/s1. The maximum atomic E-state index is 7.19. The van der Waals surface area contributed by atoms with Crippen molar-refractivity contribution in [1.29, 1.82) is 0 Å². The lowest BCUT2D eigenvalue weighted by Gasteiger charge is -2.49. The Labute approximate surface area is 213 Å². The zero-order valence-corrected chi connectivity index (χ0v) is 23.9. The molecule has 1 aliphatic heterocycles. The topological polar surface area (TPSA) is 46.2 Å². The molecule has 0 N–H and O–H groups in total. The molecule has 0 aliphatic carbocycles. The van der Waals surface area contributed by atoms with Crippen molar-refractivity contribution in [3.8, 4) is 0 Å². The molecule has 0 aromatic heterocycles. The zero-order chi connectivity index (χ0) is 25.9. The number of rotatable bonds is 9. The third-order valence-electron chi connectivity index (χ3n) is 6.95. The molecule has 0 saturated carbocycles. The van der Waals surface area contributed by atoms with Crippen LogP contribution in [0.4, 0.5) is 0 Å². The first-order chi connectivity index (χ1) is 16.5. The molecular formula is C29H44O5Si. The van der Waals surface area contributed by atoms with E-state index in [9.17, 15) is 0 Å². The highest BCUT2D eigenvalue weighted by Crippen LogP contribution is 2.38. The van der Waals surface area contributed by atoms with Crippen LogP contribution < -0.4 is 10.4 Å². The Morgan fingerprint density at radius 3 is 1.80 bits per heavy atom. The molecule has 0 bridgehead atoms. The SMILES string of the molecule is CO[C@H]1[C@@H]([C@@H](OC)C(C)C)OC(C)(C)O[C@H]1CO[Si](c1ccccc1)(c1ccccc1)C(C)(C)C. The van der Waals surface area contributed by atoms with E-state index in [1.165, 1.54) is 10.4 Å². The fourth-order valence-corrected chi connectivity index (χ4v) is 10.1. The van der Waals surface area contributed by atoms with E-state index < -0.39 is 14.1 Å². The van der Waals surface area contributed by atoms with Gasteiger partial charge in [-0.1, -0.05) is 95.3 Å². The van der Waals surface area contributed by atoms with Crippen LogP contribution in [-0.2, 0) is 23.4 Å². The van der Waals surface area contributed by atoms with E-state index >= 15 is 0 Å². The van der Waals surface area contributed by atoms with Crippen LogP contribution in [0.1, 0.15) is 48.5 Å². The van der Waals surface area contributed by atoms with Crippen molar-refractivity contribution in [1.82, 2.24) is 0 Å². The number of methoxy groups -OCH3 is 2. The van der Waals surface area contributed by atoms with Crippen LogP contribution >= 0.6 is 0 Å². The molecule has 0 spiro atoms. The van der Waals surface area contributed by atoms with Crippen molar-refractivity contribution < 1.29 is 23.4 Å². The van der Waals surface area contributed by atoms with Gasteiger partial charge in [-0.05, 0) is 35.2 Å². The summed E-state index contributed by atoms with van der Waals surface area (Å²) >= 11 is 0. The Bertz CT molecular complexity index is 870. The monoisotopic (exact) mass is 500 g/mol. The molecule has 2 aromatic carbocycles. The minimum atomic E-state index is -2.71. The maximum Gasteiger partial charge on any atom is 0.261 e. The maximum absolute atomic E-state index is 7.19. The van der Waals surface area contributed by atoms with Gasteiger partial charge in [0.1, 0.15) is 18.3 Å². The van der Waals surface area contributed by atoms with Crippen molar-refractivity contribution in [3.63, 3.8) is 0 Å². The summed E-state index contributed by atoms with van der Waals surface area (Å²) in [6.45, 7) is 15.4. The normalized spacial score (nSPS) is 23.9. The third-order valence-corrected chi connectivity index (χ3v) is 12.0.